The van der Waals surface area contributed by atoms with E-state index in [1.165, 1.54) is 0 Å². The molecule has 0 amide bonds. The van der Waals surface area contributed by atoms with E-state index in [9.17, 15) is 0 Å². The molecule has 8 nitrogen and oxygen atoms in total. The van der Waals surface area contributed by atoms with E-state index in [-0.39, 0.29) is 5.95 Å². The van der Waals surface area contributed by atoms with E-state index in [4.69, 9.17) is 19.9 Å². The number of aromatic amines is 1. The molecule has 0 aromatic carbocycles. The van der Waals surface area contributed by atoms with Crippen LogP contribution < -0.4 is 10.5 Å². The Kier molecular flexibility index (Phi) is 4.87. The molecule has 0 aliphatic rings. The van der Waals surface area contributed by atoms with Crippen LogP contribution in [0.25, 0.3) is 11.0 Å². The summed E-state index contributed by atoms with van der Waals surface area (Å²) in [5, 5.41) is 7.32. The highest BCUT2D eigenvalue weighted by atomic mass is 16.5. The molecule has 0 aliphatic heterocycles. The van der Waals surface area contributed by atoms with E-state index in [2.05, 4.69) is 20.2 Å². The molecule has 0 saturated heterocycles. The molecule has 2 aromatic heterocycles. The maximum absolute atomic E-state index is 5.58. The van der Waals surface area contributed by atoms with Gasteiger partial charge in [0.1, 0.15) is 5.39 Å². The first-order chi connectivity index (χ1) is 9.31. The molecule has 0 aliphatic carbocycles. The van der Waals surface area contributed by atoms with Crippen LogP contribution in [-0.2, 0) is 9.47 Å². The zero-order valence-corrected chi connectivity index (χ0v) is 10.8. The summed E-state index contributed by atoms with van der Waals surface area (Å²) in [7, 11) is 1.64. The smallest absolute Gasteiger partial charge is 0.229 e. The van der Waals surface area contributed by atoms with Crippen molar-refractivity contribution in [1.82, 2.24) is 20.2 Å². The molecule has 19 heavy (non-hydrogen) atoms. The standard InChI is InChI=1S/C11H17N5O3/c1-17-5-6-18-3-2-4-19-10-8-7-13-16-9(8)14-11(12)15-10/h7H,2-6H2,1H3,(H3,12,13,14,15,16). The van der Waals surface area contributed by atoms with Crippen LogP contribution in [0, 0.1) is 0 Å². The second-order valence-corrected chi connectivity index (χ2v) is 3.83. The number of nitrogen functional groups attached to an aromatic ring is 1. The van der Waals surface area contributed by atoms with Crippen LogP contribution >= 0.6 is 0 Å². The third-order valence-corrected chi connectivity index (χ3v) is 2.40. The number of methoxy groups -OCH3 is 1. The van der Waals surface area contributed by atoms with Gasteiger partial charge in [0.25, 0.3) is 0 Å². The normalized spacial score (nSPS) is 11.0. The van der Waals surface area contributed by atoms with Gasteiger partial charge in [0.15, 0.2) is 5.65 Å². The Balaban J connectivity index is 1.79. The average Bonchev–Trinajstić information content (AvgIpc) is 2.85. The average molecular weight is 267 g/mol. The first-order valence-electron chi connectivity index (χ1n) is 5.97. The van der Waals surface area contributed by atoms with Crippen molar-refractivity contribution in [2.75, 3.05) is 39.3 Å². The molecule has 0 spiro atoms. The van der Waals surface area contributed by atoms with Crippen LogP contribution in [0.15, 0.2) is 6.20 Å². The highest BCUT2D eigenvalue weighted by Gasteiger charge is 2.08. The van der Waals surface area contributed by atoms with E-state index in [1.54, 1.807) is 13.3 Å². The van der Waals surface area contributed by atoms with Crippen molar-refractivity contribution >= 4 is 17.0 Å². The number of nitrogens with zero attached hydrogens (tertiary/aromatic N) is 3. The van der Waals surface area contributed by atoms with Gasteiger partial charge < -0.3 is 19.9 Å². The topological polar surface area (TPSA) is 108 Å². The van der Waals surface area contributed by atoms with Crippen LogP contribution in [0.2, 0.25) is 0 Å². The molecule has 2 aromatic rings. The quantitative estimate of drug-likeness (QED) is 0.665. The number of nitrogens with one attached hydrogen (secondary N) is 1. The lowest BCUT2D eigenvalue weighted by Crippen LogP contribution is -2.08. The van der Waals surface area contributed by atoms with Gasteiger partial charge in [-0.15, -0.1) is 0 Å². The minimum absolute atomic E-state index is 0.156. The van der Waals surface area contributed by atoms with Crippen molar-refractivity contribution in [2.24, 2.45) is 0 Å². The van der Waals surface area contributed by atoms with Crippen LogP contribution in [0.3, 0.4) is 0 Å². The largest absolute Gasteiger partial charge is 0.477 e. The highest BCUT2D eigenvalue weighted by molar-refractivity contribution is 5.80. The minimum atomic E-state index is 0.156. The second kappa shape index (κ2) is 6.86. The molecular formula is C11H17N5O3. The third-order valence-electron chi connectivity index (χ3n) is 2.40. The first kappa shape index (κ1) is 13.5. The lowest BCUT2D eigenvalue weighted by molar-refractivity contribution is 0.0643. The highest BCUT2D eigenvalue weighted by Crippen LogP contribution is 2.20. The summed E-state index contributed by atoms with van der Waals surface area (Å²) in [6.45, 7) is 2.28. The van der Waals surface area contributed by atoms with E-state index in [0.717, 1.165) is 11.8 Å². The number of anilines is 1. The summed E-state index contributed by atoms with van der Waals surface area (Å²) in [4.78, 5) is 8.05. The molecule has 0 saturated carbocycles. The van der Waals surface area contributed by atoms with Crippen LogP contribution in [0.5, 0.6) is 5.88 Å². The van der Waals surface area contributed by atoms with Crippen molar-refractivity contribution in [3.8, 4) is 5.88 Å². The zero-order chi connectivity index (χ0) is 13.5. The predicted octanol–water partition coefficient (Wildman–Crippen LogP) is 0.367. The lowest BCUT2D eigenvalue weighted by atomic mass is 10.4. The fourth-order valence-corrected chi connectivity index (χ4v) is 1.51. The van der Waals surface area contributed by atoms with E-state index >= 15 is 0 Å². The van der Waals surface area contributed by atoms with Crippen molar-refractivity contribution < 1.29 is 14.2 Å². The number of fused-ring (bicyclic) bond motifs is 1. The summed E-state index contributed by atoms with van der Waals surface area (Å²) in [5.41, 5.74) is 6.15. The maximum Gasteiger partial charge on any atom is 0.229 e. The Bertz CT molecular complexity index is 516. The number of rotatable bonds is 8. The molecule has 3 N–H and O–H groups in total. The van der Waals surface area contributed by atoms with E-state index in [0.29, 0.717) is 38.0 Å². The third kappa shape index (κ3) is 3.76. The molecule has 2 rings (SSSR count). The number of hydrogen-bond acceptors (Lipinski definition) is 7. The summed E-state index contributed by atoms with van der Waals surface area (Å²) < 4.78 is 15.8. The number of hydrogen-bond donors (Lipinski definition) is 2. The molecule has 8 heteroatoms. The van der Waals surface area contributed by atoms with Gasteiger partial charge in [-0.2, -0.15) is 15.1 Å². The summed E-state index contributed by atoms with van der Waals surface area (Å²) in [6, 6.07) is 0. The van der Waals surface area contributed by atoms with Gasteiger partial charge in [-0.25, -0.2) is 0 Å². The number of nitrogens with two attached hydrogens (primary N) is 1. The Hall–Kier alpha value is -1.93. The summed E-state index contributed by atoms with van der Waals surface area (Å²) >= 11 is 0. The monoisotopic (exact) mass is 267 g/mol. The van der Waals surface area contributed by atoms with Gasteiger partial charge in [0.05, 0.1) is 26.0 Å². The molecule has 0 bridgehead atoms. The Morgan fingerprint density at radius 3 is 2.95 bits per heavy atom. The Morgan fingerprint density at radius 1 is 1.21 bits per heavy atom. The number of H-pyrrole nitrogens is 1. The minimum Gasteiger partial charge on any atom is -0.477 e. The van der Waals surface area contributed by atoms with E-state index < -0.39 is 0 Å². The molecule has 104 valence electrons. The van der Waals surface area contributed by atoms with Gasteiger partial charge in [0, 0.05) is 20.1 Å². The second-order valence-electron chi connectivity index (χ2n) is 3.83. The Labute approximate surface area is 110 Å². The molecular weight excluding hydrogens is 250 g/mol. The maximum atomic E-state index is 5.58. The first-order valence-corrected chi connectivity index (χ1v) is 5.97. The van der Waals surface area contributed by atoms with Gasteiger partial charge in [-0.05, 0) is 0 Å². The van der Waals surface area contributed by atoms with Gasteiger partial charge >= 0.3 is 0 Å². The number of aromatic nitrogens is 4. The van der Waals surface area contributed by atoms with Crippen molar-refractivity contribution in [3.63, 3.8) is 0 Å². The van der Waals surface area contributed by atoms with E-state index in [1.807, 2.05) is 0 Å². The molecule has 2 heterocycles. The SMILES string of the molecule is COCCOCCCOc1nc(N)nc2[nH]ncc12. The van der Waals surface area contributed by atoms with Gasteiger partial charge in [-0.1, -0.05) is 0 Å². The molecule has 0 fully saturated rings. The fourth-order valence-electron chi connectivity index (χ4n) is 1.51. The van der Waals surface area contributed by atoms with Gasteiger partial charge in [0.2, 0.25) is 11.8 Å². The van der Waals surface area contributed by atoms with Crippen LogP contribution in [0.1, 0.15) is 6.42 Å². The Morgan fingerprint density at radius 2 is 2.11 bits per heavy atom. The van der Waals surface area contributed by atoms with Crippen LogP contribution in [0.4, 0.5) is 5.95 Å². The summed E-state index contributed by atoms with van der Waals surface area (Å²) in [5.74, 6) is 0.594. The lowest BCUT2D eigenvalue weighted by Gasteiger charge is -2.07. The fraction of sp³-hybridized carbons (Fsp3) is 0.545. The predicted molar refractivity (Wildman–Crippen MR) is 68.9 cm³/mol. The molecule has 0 atom stereocenters. The number of ether oxygens (including phenoxy) is 3. The van der Waals surface area contributed by atoms with Crippen molar-refractivity contribution in [1.29, 1.82) is 0 Å². The molecule has 0 radical (unpaired) electrons. The molecule has 0 unspecified atom stereocenters. The van der Waals surface area contributed by atoms with Gasteiger partial charge in [-0.3, -0.25) is 5.10 Å². The zero-order valence-electron chi connectivity index (χ0n) is 10.8. The van der Waals surface area contributed by atoms with Crippen molar-refractivity contribution in [3.05, 3.63) is 6.20 Å². The van der Waals surface area contributed by atoms with Crippen molar-refractivity contribution in [2.45, 2.75) is 6.42 Å². The summed E-state index contributed by atoms with van der Waals surface area (Å²) in [6.07, 6.45) is 2.37. The van der Waals surface area contributed by atoms with Crippen LogP contribution in [-0.4, -0.2) is 53.7 Å².